The van der Waals surface area contributed by atoms with Crippen molar-refractivity contribution in [1.82, 2.24) is 19.9 Å². The van der Waals surface area contributed by atoms with Gasteiger partial charge in [-0.1, -0.05) is 26.8 Å². The number of aromatic nitrogens is 4. The summed E-state index contributed by atoms with van der Waals surface area (Å²) in [4.78, 5) is 33.5. The van der Waals surface area contributed by atoms with E-state index < -0.39 is 11.3 Å². The molecule has 0 aliphatic rings. The zero-order valence-corrected chi connectivity index (χ0v) is 18.6. The number of anilines is 3. The Morgan fingerprint density at radius 3 is 2.34 bits per heavy atom. The average molecular weight is 435 g/mol. The van der Waals surface area contributed by atoms with Gasteiger partial charge in [-0.2, -0.15) is 4.99 Å². The lowest BCUT2D eigenvalue weighted by atomic mass is 9.93. The number of rotatable bonds is 5. The minimum atomic E-state index is -0.532. The first-order chi connectivity index (χ1) is 15.1. The third-order valence-corrected chi connectivity index (χ3v) is 4.68. The van der Waals surface area contributed by atoms with Gasteiger partial charge in [-0.25, -0.2) is 19.9 Å². The van der Waals surface area contributed by atoms with Crippen molar-refractivity contribution in [2.24, 2.45) is 16.1 Å². The van der Waals surface area contributed by atoms with Crippen LogP contribution in [0.2, 0.25) is 0 Å². The van der Waals surface area contributed by atoms with Gasteiger partial charge in [0.1, 0.15) is 35.3 Å². The van der Waals surface area contributed by atoms with E-state index in [1.165, 1.54) is 18.7 Å². The molecule has 1 amide bonds. The number of fused-ring (bicyclic) bond motifs is 1. The van der Waals surface area contributed by atoms with E-state index in [2.05, 4.69) is 35.6 Å². The third kappa shape index (κ3) is 4.97. The number of aliphatic hydroxyl groups excluding tert-OH is 1. The number of aryl methyl sites for hydroxylation is 1. The topological polar surface area (TPSA) is 151 Å². The number of carbonyl (C=O) groups excluding carboxylic acids is 1. The van der Waals surface area contributed by atoms with Crippen LogP contribution in [0, 0.1) is 12.3 Å². The molecule has 10 heteroatoms. The maximum atomic E-state index is 12.6. The lowest BCUT2D eigenvalue weighted by molar-refractivity contribution is 0.100. The second-order valence-corrected chi connectivity index (χ2v) is 8.17. The smallest absolute Gasteiger partial charge is 0.279 e. The first-order valence-corrected chi connectivity index (χ1v) is 9.91. The highest BCUT2D eigenvalue weighted by atomic mass is 16.3. The standard InChI is InChI=1S/C22H26N8O2/c1-12-6-7-13(21(32)30-16(23)9-15(31)22(2,3)4)8-14(12)29-20-18-17(25-11-28-20)19(24-5)27-10-26-18/h6-11,31H,1-5H3,(H2,23,30,32)(H,24,26,27)(H,25,28,29)/b15-9-. The summed E-state index contributed by atoms with van der Waals surface area (Å²) in [5.41, 5.74) is 8.31. The van der Waals surface area contributed by atoms with E-state index >= 15 is 0 Å². The van der Waals surface area contributed by atoms with E-state index in [0.717, 1.165) is 5.56 Å². The van der Waals surface area contributed by atoms with E-state index in [0.29, 0.717) is 33.9 Å². The molecular formula is C22H26N8O2. The first-order valence-electron chi connectivity index (χ1n) is 9.91. The second-order valence-electron chi connectivity index (χ2n) is 8.17. The Hall–Kier alpha value is -4.08. The predicted octanol–water partition coefficient (Wildman–Crippen LogP) is 3.50. The summed E-state index contributed by atoms with van der Waals surface area (Å²) in [6.07, 6.45) is 4.13. The van der Waals surface area contributed by atoms with E-state index in [9.17, 15) is 9.90 Å². The number of nitrogens with two attached hydrogens (primary N) is 1. The number of allylic oxidation sites excluding steroid dienone is 1. The van der Waals surface area contributed by atoms with E-state index in [1.807, 2.05) is 27.7 Å². The molecule has 0 aliphatic carbocycles. The molecule has 0 fully saturated rings. The van der Waals surface area contributed by atoms with Crippen LogP contribution in [0.1, 0.15) is 36.7 Å². The summed E-state index contributed by atoms with van der Waals surface area (Å²) in [6.45, 7) is 7.38. The first kappa shape index (κ1) is 22.6. The molecule has 0 spiro atoms. The van der Waals surface area contributed by atoms with Crippen LogP contribution in [0.4, 0.5) is 17.3 Å². The Morgan fingerprint density at radius 2 is 1.72 bits per heavy atom. The van der Waals surface area contributed by atoms with Crippen molar-refractivity contribution in [2.45, 2.75) is 27.7 Å². The van der Waals surface area contributed by atoms with Crippen LogP contribution in [0.3, 0.4) is 0 Å². The highest BCUT2D eigenvalue weighted by Crippen LogP contribution is 2.27. The number of aliphatic hydroxyl groups is 1. The van der Waals surface area contributed by atoms with Crippen LogP contribution in [0.25, 0.3) is 11.0 Å². The molecule has 0 atom stereocenters. The summed E-state index contributed by atoms with van der Waals surface area (Å²) in [5, 5.41) is 16.2. The van der Waals surface area contributed by atoms with Gasteiger partial charge in [-0.15, -0.1) is 0 Å². The van der Waals surface area contributed by atoms with Crippen LogP contribution in [0.15, 0.2) is 47.7 Å². The molecular weight excluding hydrogens is 408 g/mol. The van der Waals surface area contributed by atoms with Crippen molar-refractivity contribution < 1.29 is 9.90 Å². The number of aliphatic imine (C=N–C) groups is 1. The summed E-state index contributed by atoms with van der Waals surface area (Å²) < 4.78 is 0. The lowest BCUT2D eigenvalue weighted by Crippen LogP contribution is -2.16. The van der Waals surface area contributed by atoms with Crippen molar-refractivity contribution in [1.29, 1.82) is 0 Å². The molecule has 0 saturated carbocycles. The van der Waals surface area contributed by atoms with Gasteiger partial charge in [-0.05, 0) is 24.6 Å². The van der Waals surface area contributed by atoms with E-state index in [-0.39, 0.29) is 11.6 Å². The van der Waals surface area contributed by atoms with Crippen LogP contribution < -0.4 is 16.4 Å². The van der Waals surface area contributed by atoms with Gasteiger partial charge in [-0.3, -0.25) is 4.79 Å². The van der Waals surface area contributed by atoms with E-state index in [1.54, 1.807) is 25.2 Å². The van der Waals surface area contributed by atoms with Crippen molar-refractivity contribution in [3.8, 4) is 0 Å². The Kier molecular flexibility index (Phi) is 6.33. The van der Waals surface area contributed by atoms with Crippen LogP contribution >= 0.6 is 0 Å². The van der Waals surface area contributed by atoms with Crippen molar-refractivity contribution in [3.63, 3.8) is 0 Å². The van der Waals surface area contributed by atoms with Gasteiger partial charge in [0.2, 0.25) is 0 Å². The lowest BCUT2D eigenvalue weighted by Gasteiger charge is -2.16. The Balaban J connectivity index is 1.93. The Morgan fingerprint density at radius 1 is 1.09 bits per heavy atom. The number of amides is 1. The molecule has 2 heterocycles. The number of nitrogens with zero attached hydrogens (tertiary/aromatic N) is 5. The number of carbonyl (C=O) groups is 1. The molecule has 32 heavy (non-hydrogen) atoms. The quantitative estimate of drug-likeness (QED) is 0.268. The molecule has 0 bridgehead atoms. The second kappa shape index (κ2) is 8.96. The molecule has 2 aromatic heterocycles. The minimum Gasteiger partial charge on any atom is -0.512 e. The molecule has 1 aromatic carbocycles. The summed E-state index contributed by atoms with van der Waals surface area (Å²) in [7, 11) is 1.75. The van der Waals surface area contributed by atoms with Gasteiger partial charge >= 0.3 is 0 Å². The molecule has 5 N–H and O–H groups in total. The fourth-order valence-electron chi connectivity index (χ4n) is 2.74. The Labute approximate surface area is 185 Å². The van der Waals surface area contributed by atoms with Gasteiger partial charge in [0.25, 0.3) is 5.91 Å². The molecule has 0 aliphatic heterocycles. The van der Waals surface area contributed by atoms with Crippen LogP contribution in [-0.2, 0) is 0 Å². The molecule has 166 valence electrons. The van der Waals surface area contributed by atoms with Crippen molar-refractivity contribution >= 4 is 40.1 Å². The number of benzene rings is 1. The van der Waals surface area contributed by atoms with Crippen LogP contribution in [-0.4, -0.2) is 43.8 Å². The highest BCUT2D eigenvalue weighted by molar-refractivity contribution is 6.07. The summed E-state index contributed by atoms with van der Waals surface area (Å²) >= 11 is 0. The number of hydrogen-bond acceptors (Lipinski definition) is 8. The molecule has 0 saturated heterocycles. The summed E-state index contributed by atoms with van der Waals surface area (Å²) in [5.74, 6) is 0.489. The van der Waals surface area contributed by atoms with Crippen molar-refractivity contribution in [3.05, 3.63) is 53.8 Å². The predicted molar refractivity (Wildman–Crippen MR) is 125 cm³/mol. The van der Waals surface area contributed by atoms with Crippen molar-refractivity contribution in [2.75, 3.05) is 17.7 Å². The van der Waals surface area contributed by atoms with Gasteiger partial charge in [0.05, 0.1) is 0 Å². The van der Waals surface area contributed by atoms with E-state index in [4.69, 9.17) is 5.73 Å². The third-order valence-electron chi connectivity index (χ3n) is 4.68. The maximum Gasteiger partial charge on any atom is 0.279 e. The zero-order chi connectivity index (χ0) is 23.5. The molecule has 10 nitrogen and oxygen atoms in total. The average Bonchev–Trinajstić information content (AvgIpc) is 2.74. The fourth-order valence-corrected chi connectivity index (χ4v) is 2.74. The van der Waals surface area contributed by atoms with Crippen LogP contribution in [0.5, 0.6) is 0 Å². The molecule has 3 rings (SSSR count). The number of nitrogens with one attached hydrogen (secondary N) is 2. The van der Waals surface area contributed by atoms with Gasteiger partial charge < -0.3 is 21.5 Å². The molecule has 3 aromatic rings. The largest absolute Gasteiger partial charge is 0.512 e. The zero-order valence-electron chi connectivity index (χ0n) is 18.6. The number of amidine groups is 1. The number of hydrogen-bond donors (Lipinski definition) is 4. The highest BCUT2D eigenvalue weighted by Gasteiger charge is 2.17. The SMILES string of the molecule is CNc1ncnc2c(Nc3cc(C(=O)N=C(N)/C=C(\O)C(C)(C)C)ccc3C)ncnc12. The summed E-state index contributed by atoms with van der Waals surface area (Å²) in [6, 6.07) is 5.11. The van der Waals surface area contributed by atoms with Gasteiger partial charge in [0, 0.05) is 29.8 Å². The Bertz CT molecular complexity index is 1230. The monoisotopic (exact) mass is 434 g/mol. The minimum absolute atomic E-state index is 0.0383. The fraction of sp³-hybridized carbons (Fsp3) is 0.273. The normalized spacial score (nSPS) is 12.7. The van der Waals surface area contributed by atoms with Gasteiger partial charge in [0.15, 0.2) is 11.6 Å². The molecule has 0 radical (unpaired) electrons. The maximum absolute atomic E-state index is 12.6. The molecule has 0 unspecified atom stereocenters.